The lowest BCUT2D eigenvalue weighted by atomic mass is 9.49. The summed E-state index contributed by atoms with van der Waals surface area (Å²) in [5, 5.41) is 48.9. The molecular weight excluding hydrogens is 1120 g/mol. The van der Waals surface area contributed by atoms with Crippen LogP contribution >= 0.6 is 0 Å². The summed E-state index contributed by atoms with van der Waals surface area (Å²) < 4.78 is 69.3. The summed E-state index contributed by atoms with van der Waals surface area (Å²) in [4.78, 5) is 67.9. The van der Waals surface area contributed by atoms with Crippen LogP contribution in [0.15, 0.2) is 70.6 Å². The van der Waals surface area contributed by atoms with Crippen molar-refractivity contribution >= 4 is 29.6 Å². The van der Waals surface area contributed by atoms with Gasteiger partial charge in [-0.15, -0.1) is 0 Å². The van der Waals surface area contributed by atoms with E-state index in [-0.39, 0.29) is 49.7 Å². The lowest BCUT2D eigenvalue weighted by Gasteiger charge is -2.56. The van der Waals surface area contributed by atoms with Crippen molar-refractivity contribution in [3.05, 3.63) is 70.6 Å². The number of amides is 1. The van der Waals surface area contributed by atoms with Crippen molar-refractivity contribution in [2.75, 3.05) is 7.11 Å². The fourth-order valence-electron chi connectivity index (χ4n) is 15.6. The summed E-state index contributed by atoms with van der Waals surface area (Å²) in [7, 11) is 1.26. The number of hydrogen-bond acceptors (Lipinski definition) is 21. The van der Waals surface area contributed by atoms with Gasteiger partial charge in [0.25, 0.3) is 0 Å². The number of alkyl carbamates (subject to hydrolysis) is 1. The van der Waals surface area contributed by atoms with E-state index in [1.807, 2.05) is 32.9 Å². The lowest BCUT2D eigenvalue weighted by molar-refractivity contribution is -0.323. The van der Waals surface area contributed by atoms with E-state index in [2.05, 4.69) is 25.2 Å². The Labute approximate surface area is 504 Å². The summed E-state index contributed by atoms with van der Waals surface area (Å²) >= 11 is 0. The molecule has 5 aliphatic heterocycles. The molecule has 0 radical (unpaired) electrons. The van der Waals surface area contributed by atoms with E-state index < -0.39 is 180 Å². The predicted octanol–water partition coefficient (Wildman–Crippen LogP) is 6.08. The van der Waals surface area contributed by atoms with E-state index in [0.717, 1.165) is 5.57 Å². The van der Waals surface area contributed by atoms with Crippen molar-refractivity contribution in [3.8, 4) is 0 Å². The molecule has 0 aromatic carbocycles. The lowest BCUT2D eigenvalue weighted by Crippen LogP contribution is -2.66. The monoisotopic (exact) mass is 1210 g/mol. The van der Waals surface area contributed by atoms with E-state index in [4.69, 9.17) is 57.8 Å². The highest BCUT2D eigenvalue weighted by molar-refractivity contribution is 6.26. The molecule has 5 heterocycles. The second-order valence-electron chi connectivity index (χ2n) is 26.4. The summed E-state index contributed by atoms with van der Waals surface area (Å²) in [6, 6.07) is -0.634. The number of ketones is 2. The Kier molecular flexibility index (Phi) is 19.9. The van der Waals surface area contributed by atoms with Crippen molar-refractivity contribution in [2.24, 2.45) is 46.7 Å². The molecule has 9 aliphatic rings. The van der Waals surface area contributed by atoms with Crippen molar-refractivity contribution < 1.29 is 96.5 Å². The average molecular weight is 1210 g/mol. The van der Waals surface area contributed by atoms with Gasteiger partial charge in [-0.25, -0.2) is 9.59 Å². The van der Waals surface area contributed by atoms with Crippen molar-refractivity contribution in [1.82, 2.24) is 5.32 Å². The molecule has 7 N–H and O–H groups in total. The molecule has 22 heteroatoms. The number of Topliss-reactive ketones (excluding diaryl/α,β-unsaturated/α-hetero) is 1. The number of esters is 2. The Bertz CT molecular complexity index is 2740. The summed E-state index contributed by atoms with van der Waals surface area (Å²) in [5.74, 6) is -6.02. The molecule has 0 unspecified atom stereocenters. The molecule has 22 nitrogen and oxygen atoms in total. The van der Waals surface area contributed by atoms with Crippen molar-refractivity contribution in [1.29, 1.82) is 0 Å². The number of nitrogens with two attached hydrogens (primary N) is 1. The van der Waals surface area contributed by atoms with Crippen molar-refractivity contribution in [2.45, 2.75) is 250 Å². The first-order valence-electron chi connectivity index (χ1n) is 30.7. The van der Waals surface area contributed by atoms with Gasteiger partial charge in [0.05, 0.1) is 74.0 Å². The Morgan fingerprint density at radius 1 is 0.767 bits per heavy atom. The van der Waals surface area contributed by atoms with E-state index in [9.17, 15) is 39.6 Å². The molecule has 26 atom stereocenters. The minimum Gasteiger partial charge on any atom is -0.511 e. The van der Waals surface area contributed by atoms with Gasteiger partial charge in [-0.05, 0) is 110 Å². The molecule has 5 saturated heterocycles. The number of fused-ring (bicyclic) bond motifs is 4. The number of methoxy groups -OCH3 is 1. The number of allylic oxidation sites excluding steroid dienone is 5. The van der Waals surface area contributed by atoms with Crippen LogP contribution in [0.25, 0.3) is 0 Å². The van der Waals surface area contributed by atoms with E-state index >= 15 is 4.79 Å². The maximum atomic E-state index is 15.7. The molecule has 1 spiro atoms. The third-order valence-corrected chi connectivity index (χ3v) is 19.9. The van der Waals surface area contributed by atoms with Crippen LogP contribution in [0.2, 0.25) is 0 Å². The second-order valence-corrected chi connectivity index (χ2v) is 26.4. The maximum Gasteiger partial charge on any atom is 0.407 e. The van der Waals surface area contributed by atoms with Gasteiger partial charge in [-0.1, -0.05) is 62.8 Å². The Hall–Kier alpha value is -4.69. The van der Waals surface area contributed by atoms with Crippen molar-refractivity contribution in [3.63, 3.8) is 0 Å². The number of aliphatic hydroxyl groups excluding tert-OH is 4. The first kappa shape index (κ1) is 65.7. The molecule has 9 rings (SSSR count). The number of hydrogen-bond donors (Lipinski definition) is 6. The van der Waals surface area contributed by atoms with Gasteiger partial charge >= 0.3 is 18.0 Å². The first-order chi connectivity index (χ1) is 40.4. The number of rotatable bonds is 12. The quantitative estimate of drug-likeness (QED) is 0.0424. The molecule has 1 saturated carbocycles. The van der Waals surface area contributed by atoms with Crippen LogP contribution in [0.3, 0.4) is 0 Å². The zero-order valence-electron chi connectivity index (χ0n) is 51.9. The Balaban J connectivity index is 1.04. The first-order valence-corrected chi connectivity index (χ1v) is 30.7. The van der Waals surface area contributed by atoms with Gasteiger partial charge in [0.1, 0.15) is 23.5 Å². The molecule has 478 valence electrons. The minimum atomic E-state index is -2.06. The van der Waals surface area contributed by atoms with Gasteiger partial charge in [0.15, 0.2) is 42.6 Å². The normalized spacial score (nSPS) is 46.2. The molecule has 6 fully saturated rings. The number of carbonyl (C=O) groups excluding carboxylic acids is 5. The van der Waals surface area contributed by atoms with Gasteiger partial charge in [0.2, 0.25) is 5.78 Å². The molecule has 2 bridgehead atoms. The SMILES string of the molecule is COC(=O)N[C@H]1[C@@H](C)O[C@@H](O[C@H]2C/C=C(\C)[C@@H]3C=C[C@@H]4[C@@H](O[C@H]5C[C@@H](O[C@H]6CC[C@@H](O[C@@H]7C[C@@H](O)[C@@H](O)[C@H](C)O7)[C@H](C)O6)[C@@H](OC(C)=O)[C@H](C)O5)[C@@H](C)C[C@H](C)[C@H]4[C@]3(C)C(O)=C3C(=O)O[C@]4(CC(/C=C/C(C)=O)=C[C@H](O)[C@H]4C=C2C)C3=O)C[C@]1(C)N. The zero-order valence-corrected chi connectivity index (χ0v) is 51.9. The standard InChI is InChI=1S/C64H92N2O20/c1-29-14-19-45(82-51-28-62(11,65)57(37(9)80-51)66-61(75)76-13)30(2)23-42-43(69)24-39(16-15-33(5)67)27-64(42)59(73)52(60(74)86-64)58(72)63(12)41(29)18-17-40-53(63)31(3)22-32(4)55(40)85-50-26-47(56(36(8)79-50)81-38(10)68)84-48-21-20-46(34(6)77-48)83-49-25-44(70)54(71)35(7)78-49/h14-18,23-24,31-32,34-37,40-51,53-57,69-72H,19-22,25-28,65H2,1-13H3,(H,66,75)/b16-15+,29-14+,30-23?,58-52?/t31-,32-,34-,35-,36-,37+,40-,41-,42+,43-,44+,45-,46+,47+,48-,49+,50-,51-,53+,54-,55-,56-,57-,62-,63+,64-/m0/s1. The second kappa shape index (κ2) is 26.0. The van der Waals surface area contributed by atoms with E-state index in [1.165, 1.54) is 39.2 Å². The summed E-state index contributed by atoms with van der Waals surface area (Å²) in [6.45, 7) is 21.5. The maximum absolute atomic E-state index is 15.7. The number of carbonyl (C=O) groups is 5. The fourth-order valence-corrected chi connectivity index (χ4v) is 15.6. The fraction of sp³-hybridized carbons (Fsp3) is 0.734. The van der Waals surface area contributed by atoms with Gasteiger partial charge < -0.3 is 83.6 Å². The van der Waals surface area contributed by atoms with Crippen LogP contribution in [0.4, 0.5) is 4.79 Å². The molecule has 86 heavy (non-hydrogen) atoms. The largest absolute Gasteiger partial charge is 0.511 e. The minimum absolute atomic E-state index is 0.0839. The predicted molar refractivity (Wildman–Crippen MR) is 308 cm³/mol. The van der Waals surface area contributed by atoms with Crippen LogP contribution in [-0.4, -0.2) is 173 Å². The molecule has 4 aliphatic carbocycles. The smallest absolute Gasteiger partial charge is 0.407 e. The molecule has 0 aromatic heterocycles. The van der Waals surface area contributed by atoms with Gasteiger partial charge in [0, 0.05) is 61.8 Å². The molecule has 1 amide bonds. The molecular formula is C64H92N2O20. The third kappa shape index (κ3) is 13.2. The van der Waals surface area contributed by atoms with Crippen LogP contribution in [0.5, 0.6) is 0 Å². The van der Waals surface area contributed by atoms with Crippen LogP contribution in [0, 0.1) is 40.9 Å². The van der Waals surface area contributed by atoms with E-state index in [0.29, 0.717) is 30.4 Å². The highest BCUT2D eigenvalue weighted by Crippen LogP contribution is 2.61. The Morgan fingerprint density at radius 3 is 2.10 bits per heavy atom. The average Bonchev–Trinajstić information content (AvgIpc) is 1.33. The van der Waals surface area contributed by atoms with Gasteiger partial charge in [-0.3, -0.25) is 14.4 Å². The van der Waals surface area contributed by atoms with Gasteiger partial charge in [-0.2, -0.15) is 0 Å². The highest BCUT2D eigenvalue weighted by atomic mass is 16.7. The summed E-state index contributed by atoms with van der Waals surface area (Å²) in [5.41, 5.74) is 3.68. The Morgan fingerprint density at radius 2 is 1.44 bits per heavy atom. The number of aliphatic hydroxyl groups is 4. The topological polar surface area (TPSA) is 306 Å². The number of ether oxygens (including phenoxy) is 11. The summed E-state index contributed by atoms with van der Waals surface area (Å²) in [6.07, 6.45) is 1.20. The van der Waals surface area contributed by atoms with Crippen LogP contribution in [0.1, 0.15) is 134 Å². The van der Waals surface area contributed by atoms with Crippen LogP contribution in [-0.2, 0) is 71.3 Å². The van der Waals surface area contributed by atoms with E-state index in [1.54, 1.807) is 40.7 Å². The zero-order chi connectivity index (χ0) is 62.6. The third-order valence-electron chi connectivity index (χ3n) is 19.9. The molecule has 0 aromatic rings. The highest BCUT2D eigenvalue weighted by Gasteiger charge is 2.65. The van der Waals surface area contributed by atoms with Crippen LogP contribution < -0.4 is 11.1 Å². The number of nitrogens with one attached hydrogen (secondary N) is 1.